The van der Waals surface area contributed by atoms with Crippen LogP contribution >= 0.6 is 11.6 Å². The molecule has 0 aliphatic heterocycles. The Labute approximate surface area is 200 Å². The third kappa shape index (κ3) is 5.53. The van der Waals surface area contributed by atoms with Crippen molar-refractivity contribution in [1.29, 1.82) is 0 Å². The minimum absolute atomic E-state index is 0.0725. The van der Waals surface area contributed by atoms with Crippen LogP contribution in [0.1, 0.15) is 53.6 Å². The lowest BCUT2D eigenvalue weighted by Gasteiger charge is -2.39. The average Bonchev–Trinajstić information content (AvgIpc) is 3.27. The number of hydrogen-bond donors (Lipinski definition) is 3. The first-order chi connectivity index (χ1) is 16.1. The number of amides is 3. The van der Waals surface area contributed by atoms with E-state index in [2.05, 4.69) is 15.3 Å². The second kappa shape index (κ2) is 10.9. The van der Waals surface area contributed by atoms with E-state index < -0.39 is 35.3 Å². The summed E-state index contributed by atoms with van der Waals surface area (Å²) in [6.45, 7) is 2.07. The molecule has 12 heteroatoms. The van der Waals surface area contributed by atoms with Gasteiger partial charge < -0.3 is 25.7 Å². The molecule has 2 aromatic rings. The first kappa shape index (κ1) is 25.6. The highest BCUT2D eigenvalue weighted by molar-refractivity contribution is 6.33. The Balaban J connectivity index is 1.72. The van der Waals surface area contributed by atoms with Crippen LogP contribution in [0.15, 0.2) is 18.5 Å². The fourth-order valence-electron chi connectivity index (χ4n) is 4.32. The predicted molar refractivity (Wildman–Crippen MR) is 120 cm³/mol. The molecule has 1 fully saturated rings. The highest BCUT2D eigenvalue weighted by Gasteiger charge is 2.36. The molecule has 0 radical (unpaired) electrons. The number of primary amides is 1. The zero-order valence-electron chi connectivity index (χ0n) is 18.7. The van der Waals surface area contributed by atoms with Crippen LogP contribution in [-0.4, -0.2) is 58.4 Å². The van der Waals surface area contributed by atoms with Crippen molar-refractivity contribution in [2.45, 2.75) is 44.7 Å². The number of anilines is 1. The molecular formula is C22H26ClF2N5O4. The van der Waals surface area contributed by atoms with Crippen LogP contribution in [0.25, 0.3) is 0 Å². The number of hydrogen-bond acceptors (Lipinski definition) is 5. The van der Waals surface area contributed by atoms with Gasteiger partial charge in [0, 0.05) is 25.1 Å². The highest BCUT2D eigenvalue weighted by Crippen LogP contribution is 2.32. The predicted octanol–water partition coefficient (Wildman–Crippen LogP) is 3.11. The number of halogens is 3. The molecule has 1 atom stereocenters. The summed E-state index contributed by atoms with van der Waals surface area (Å²) in [5, 5.41) is 2.22. The van der Waals surface area contributed by atoms with Gasteiger partial charge in [-0.2, -0.15) is 0 Å². The van der Waals surface area contributed by atoms with E-state index in [-0.39, 0.29) is 40.8 Å². The van der Waals surface area contributed by atoms with Crippen LogP contribution in [-0.2, 0) is 9.53 Å². The standard InChI is InChI=1S/C22H26ClF2N5O4/c1-11(9-34-2)30(22(33)19-18(20(26)31)27-10-28-19)14-5-3-12(4-6-14)21(32)29-17-15(23)7-13(24)8-16(17)25/h7-8,10-12,14H,3-6,9H2,1-2H3,(H2,26,31)(H,27,28)(H,29,32)/t11?,12-,14-. The number of aromatic nitrogens is 2. The normalized spacial score (nSPS) is 18.9. The lowest BCUT2D eigenvalue weighted by molar-refractivity contribution is -0.121. The summed E-state index contributed by atoms with van der Waals surface area (Å²) in [7, 11) is 1.52. The number of nitrogens with one attached hydrogen (secondary N) is 2. The van der Waals surface area contributed by atoms with Crippen LogP contribution in [0.3, 0.4) is 0 Å². The van der Waals surface area contributed by atoms with E-state index in [0.29, 0.717) is 31.7 Å². The van der Waals surface area contributed by atoms with Crippen molar-refractivity contribution >= 4 is 35.0 Å². The van der Waals surface area contributed by atoms with E-state index in [9.17, 15) is 23.2 Å². The Bertz CT molecular complexity index is 1050. The first-order valence-electron chi connectivity index (χ1n) is 10.7. The van der Waals surface area contributed by atoms with Crippen molar-refractivity contribution in [1.82, 2.24) is 14.9 Å². The summed E-state index contributed by atoms with van der Waals surface area (Å²) < 4.78 is 32.5. The number of H-pyrrole nitrogens is 1. The largest absolute Gasteiger partial charge is 0.383 e. The Morgan fingerprint density at radius 1 is 1.29 bits per heavy atom. The number of nitrogens with two attached hydrogens (primary N) is 1. The molecule has 1 aromatic heterocycles. The van der Waals surface area contributed by atoms with Crippen LogP contribution in [0.4, 0.5) is 14.5 Å². The number of imidazole rings is 1. The average molecular weight is 498 g/mol. The summed E-state index contributed by atoms with van der Waals surface area (Å²) in [6, 6.07) is 0.990. The second-order valence-corrected chi connectivity index (χ2v) is 8.65. The maximum absolute atomic E-state index is 14.0. The molecule has 1 heterocycles. The van der Waals surface area contributed by atoms with Gasteiger partial charge in [-0.05, 0) is 38.7 Å². The SMILES string of the molecule is COCC(C)N(C(=O)c1nc[nH]c1C(N)=O)[C@H]1CC[C@H](C(=O)Nc2c(F)cc(F)cc2Cl)CC1. The summed E-state index contributed by atoms with van der Waals surface area (Å²) in [4.78, 5) is 45.9. The Kier molecular flexibility index (Phi) is 8.21. The zero-order chi connectivity index (χ0) is 25.0. The summed E-state index contributed by atoms with van der Waals surface area (Å²) >= 11 is 5.87. The van der Waals surface area contributed by atoms with Crippen LogP contribution in [0, 0.1) is 17.6 Å². The van der Waals surface area contributed by atoms with E-state index in [1.165, 1.54) is 13.4 Å². The van der Waals surface area contributed by atoms with Gasteiger partial charge in [0.2, 0.25) is 5.91 Å². The zero-order valence-corrected chi connectivity index (χ0v) is 19.5. The number of ether oxygens (including phenoxy) is 1. The van der Waals surface area contributed by atoms with Gasteiger partial charge >= 0.3 is 0 Å². The van der Waals surface area contributed by atoms with Crippen molar-refractivity contribution in [2.75, 3.05) is 19.0 Å². The third-order valence-electron chi connectivity index (χ3n) is 5.92. The fraction of sp³-hybridized carbons (Fsp3) is 0.455. The fourth-order valence-corrected chi connectivity index (χ4v) is 4.56. The van der Waals surface area contributed by atoms with Gasteiger partial charge in [0.15, 0.2) is 11.5 Å². The molecule has 34 heavy (non-hydrogen) atoms. The van der Waals surface area contributed by atoms with Gasteiger partial charge in [-0.3, -0.25) is 14.4 Å². The molecule has 1 saturated carbocycles. The maximum atomic E-state index is 14.0. The van der Waals surface area contributed by atoms with E-state index in [1.807, 2.05) is 6.92 Å². The maximum Gasteiger partial charge on any atom is 0.275 e. The number of nitrogens with zero attached hydrogens (tertiary/aromatic N) is 2. The lowest BCUT2D eigenvalue weighted by atomic mass is 9.84. The molecule has 0 bridgehead atoms. The van der Waals surface area contributed by atoms with Crippen LogP contribution < -0.4 is 11.1 Å². The van der Waals surface area contributed by atoms with Crippen LogP contribution in [0.2, 0.25) is 5.02 Å². The molecule has 1 aliphatic carbocycles. The van der Waals surface area contributed by atoms with E-state index in [0.717, 1.165) is 6.07 Å². The quantitative estimate of drug-likeness (QED) is 0.516. The lowest BCUT2D eigenvalue weighted by Crippen LogP contribution is -2.50. The summed E-state index contributed by atoms with van der Waals surface area (Å²) in [5.74, 6) is -3.94. The highest BCUT2D eigenvalue weighted by atomic mass is 35.5. The number of carbonyl (C=O) groups is 3. The molecule has 3 rings (SSSR count). The molecule has 1 unspecified atom stereocenters. The Morgan fingerprint density at radius 3 is 2.56 bits per heavy atom. The van der Waals surface area contributed by atoms with Crippen LogP contribution in [0.5, 0.6) is 0 Å². The number of rotatable bonds is 8. The Morgan fingerprint density at radius 2 is 1.97 bits per heavy atom. The number of carbonyl (C=O) groups excluding carboxylic acids is 3. The van der Waals surface area contributed by atoms with Crippen molar-refractivity contribution in [2.24, 2.45) is 11.7 Å². The van der Waals surface area contributed by atoms with Gasteiger partial charge in [0.25, 0.3) is 11.8 Å². The molecule has 0 saturated heterocycles. The van der Waals surface area contributed by atoms with Gasteiger partial charge in [-0.1, -0.05) is 11.6 Å². The number of benzene rings is 1. The Hall–Kier alpha value is -3.05. The minimum atomic E-state index is -0.957. The monoisotopic (exact) mass is 497 g/mol. The molecule has 3 amide bonds. The molecule has 4 N–H and O–H groups in total. The topological polar surface area (TPSA) is 130 Å². The molecule has 1 aliphatic rings. The third-order valence-corrected chi connectivity index (χ3v) is 6.22. The minimum Gasteiger partial charge on any atom is -0.383 e. The summed E-state index contributed by atoms with van der Waals surface area (Å²) in [6.07, 6.45) is 3.03. The number of methoxy groups -OCH3 is 1. The van der Waals surface area contributed by atoms with Crippen molar-refractivity contribution in [3.8, 4) is 0 Å². The van der Waals surface area contributed by atoms with Crippen molar-refractivity contribution in [3.05, 3.63) is 46.5 Å². The van der Waals surface area contributed by atoms with E-state index in [4.69, 9.17) is 22.1 Å². The molecule has 9 nitrogen and oxygen atoms in total. The number of aromatic amines is 1. The smallest absolute Gasteiger partial charge is 0.275 e. The molecule has 0 spiro atoms. The molecular weight excluding hydrogens is 472 g/mol. The summed E-state index contributed by atoms with van der Waals surface area (Å²) in [5.41, 5.74) is 4.93. The second-order valence-electron chi connectivity index (χ2n) is 8.25. The van der Waals surface area contributed by atoms with Gasteiger partial charge in [0.1, 0.15) is 11.5 Å². The van der Waals surface area contributed by atoms with Gasteiger partial charge in [0.05, 0.1) is 29.7 Å². The first-order valence-corrected chi connectivity index (χ1v) is 11.1. The van der Waals surface area contributed by atoms with E-state index in [1.54, 1.807) is 4.90 Å². The van der Waals surface area contributed by atoms with Gasteiger partial charge in [-0.25, -0.2) is 13.8 Å². The molecule has 1 aromatic carbocycles. The van der Waals surface area contributed by atoms with Gasteiger partial charge in [-0.15, -0.1) is 0 Å². The van der Waals surface area contributed by atoms with Crippen molar-refractivity contribution in [3.63, 3.8) is 0 Å². The molecule has 184 valence electrons. The van der Waals surface area contributed by atoms with Crippen molar-refractivity contribution < 1.29 is 27.9 Å². The van der Waals surface area contributed by atoms with E-state index >= 15 is 0 Å².